The summed E-state index contributed by atoms with van der Waals surface area (Å²) < 4.78 is 29.6. The molecule has 0 aliphatic rings. The molecule has 2 heterocycles. The molecule has 8 heteroatoms. The van der Waals surface area contributed by atoms with E-state index in [9.17, 15) is 13.6 Å². The van der Waals surface area contributed by atoms with Gasteiger partial charge in [-0.3, -0.25) is 9.78 Å². The van der Waals surface area contributed by atoms with E-state index in [0.717, 1.165) is 5.56 Å². The van der Waals surface area contributed by atoms with Gasteiger partial charge in [-0.05, 0) is 36.4 Å². The van der Waals surface area contributed by atoms with Crippen LogP contribution < -0.4 is 10.2 Å². The predicted octanol–water partition coefficient (Wildman–Crippen LogP) is 4.66. The number of hydrogen-bond donors (Lipinski definition) is 1. The summed E-state index contributed by atoms with van der Waals surface area (Å²) >= 11 is 0. The van der Waals surface area contributed by atoms with E-state index in [1.165, 1.54) is 12.3 Å². The molecule has 4 aromatic rings. The summed E-state index contributed by atoms with van der Waals surface area (Å²) in [6.45, 7) is -2.96. The molecule has 0 saturated carbocycles. The van der Waals surface area contributed by atoms with Gasteiger partial charge in [0.2, 0.25) is 0 Å². The van der Waals surface area contributed by atoms with E-state index in [1.807, 2.05) is 24.3 Å². The number of rotatable bonds is 6. The largest absolute Gasteiger partial charge is 0.434 e. The van der Waals surface area contributed by atoms with Gasteiger partial charge in [-0.25, -0.2) is 10.4 Å². The third-order valence-electron chi connectivity index (χ3n) is 4.42. The van der Waals surface area contributed by atoms with Gasteiger partial charge in [0, 0.05) is 28.9 Å². The first-order valence-corrected chi connectivity index (χ1v) is 9.29. The molecule has 2 aromatic carbocycles. The highest BCUT2D eigenvalue weighted by Crippen LogP contribution is 2.24. The third-order valence-corrected chi connectivity index (χ3v) is 4.42. The Hall–Kier alpha value is -4.20. The molecule has 0 atom stereocenters. The molecule has 0 spiro atoms. The van der Waals surface area contributed by atoms with E-state index in [2.05, 4.69) is 25.2 Å². The number of aromatic nitrogens is 2. The lowest BCUT2D eigenvalue weighted by Gasteiger charge is -2.09. The molecule has 0 aliphatic heterocycles. The first-order valence-electron chi connectivity index (χ1n) is 9.29. The fraction of sp³-hybridized carbons (Fsp3) is 0.0435. The summed E-state index contributed by atoms with van der Waals surface area (Å²) in [5.74, 6) is -0.504. The number of benzene rings is 2. The molecule has 154 valence electrons. The molecule has 0 bridgehead atoms. The van der Waals surface area contributed by atoms with E-state index in [4.69, 9.17) is 0 Å². The van der Waals surface area contributed by atoms with Gasteiger partial charge in [0.25, 0.3) is 5.91 Å². The molecule has 0 saturated heterocycles. The maximum atomic E-state index is 12.9. The van der Waals surface area contributed by atoms with Gasteiger partial charge in [-0.1, -0.05) is 30.3 Å². The number of para-hydroxylation sites is 2. The first kappa shape index (κ1) is 20.1. The number of carbonyl (C=O) groups excluding carboxylic acids is 1. The molecule has 1 amide bonds. The van der Waals surface area contributed by atoms with Crippen molar-refractivity contribution in [1.82, 2.24) is 15.4 Å². The van der Waals surface area contributed by atoms with E-state index in [0.29, 0.717) is 27.7 Å². The molecular weight excluding hydrogens is 402 g/mol. The van der Waals surface area contributed by atoms with Gasteiger partial charge in [-0.15, -0.1) is 0 Å². The van der Waals surface area contributed by atoms with Crippen LogP contribution in [-0.4, -0.2) is 28.7 Å². The Labute approximate surface area is 176 Å². The van der Waals surface area contributed by atoms with Gasteiger partial charge < -0.3 is 4.74 Å². The zero-order valence-electron chi connectivity index (χ0n) is 16.1. The monoisotopic (exact) mass is 418 g/mol. The summed E-state index contributed by atoms with van der Waals surface area (Å²) in [7, 11) is 0. The van der Waals surface area contributed by atoms with Crippen LogP contribution in [0.4, 0.5) is 8.78 Å². The van der Waals surface area contributed by atoms with Crippen molar-refractivity contribution in [2.75, 3.05) is 0 Å². The second kappa shape index (κ2) is 9.08. The van der Waals surface area contributed by atoms with Crippen molar-refractivity contribution >= 4 is 23.0 Å². The first-order chi connectivity index (χ1) is 15.1. The second-order valence-electron chi connectivity index (χ2n) is 6.43. The fourth-order valence-electron chi connectivity index (χ4n) is 3.04. The summed E-state index contributed by atoms with van der Waals surface area (Å²) in [4.78, 5) is 21.6. The average Bonchev–Trinajstić information content (AvgIpc) is 2.79. The van der Waals surface area contributed by atoms with Crippen LogP contribution in [0.5, 0.6) is 5.75 Å². The molecular formula is C23H16F2N4O2. The summed E-state index contributed by atoms with van der Waals surface area (Å²) in [6, 6.07) is 18.7. The molecule has 4 rings (SSSR count). The van der Waals surface area contributed by atoms with Crippen LogP contribution in [0.25, 0.3) is 22.2 Å². The van der Waals surface area contributed by atoms with Crippen molar-refractivity contribution in [3.8, 4) is 17.0 Å². The van der Waals surface area contributed by atoms with Crippen LogP contribution in [0.3, 0.4) is 0 Å². The maximum Gasteiger partial charge on any atom is 0.387 e. The van der Waals surface area contributed by atoms with Gasteiger partial charge in [0.15, 0.2) is 0 Å². The number of ether oxygens (including phenoxy) is 1. The zero-order valence-corrected chi connectivity index (χ0v) is 16.1. The second-order valence-corrected chi connectivity index (χ2v) is 6.43. The van der Waals surface area contributed by atoms with Crippen LogP contribution in [0.2, 0.25) is 0 Å². The van der Waals surface area contributed by atoms with E-state index >= 15 is 0 Å². The zero-order chi connectivity index (χ0) is 21.6. The van der Waals surface area contributed by atoms with Crippen LogP contribution in [0, 0.1) is 0 Å². The number of fused-ring (bicyclic) bond motifs is 1. The van der Waals surface area contributed by atoms with Crippen molar-refractivity contribution in [2.24, 2.45) is 5.10 Å². The smallest absolute Gasteiger partial charge is 0.387 e. The Morgan fingerprint density at radius 1 is 1.06 bits per heavy atom. The van der Waals surface area contributed by atoms with Gasteiger partial charge >= 0.3 is 6.61 Å². The number of hydrogen-bond acceptors (Lipinski definition) is 5. The third kappa shape index (κ3) is 4.69. The molecule has 2 aromatic heterocycles. The number of nitrogens with zero attached hydrogens (tertiary/aromatic N) is 3. The Kier molecular flexibility index (Phi) is 5.89. The number of halogens is 2. The normalized spacial score (nSPS) is 11.2. The van der Waals surface area contributed by atoms with Gasteiger partial charge in [0.05, 0.1) is 23.0 Å². The number of nitrogens with one attached hydrogen (secondary N) is 1. The van der Waals surface area contributed by atoms with Crippen LogP contribution in [0.15, 0.2) is 84.2 Å². The maximum absolute atomic E-state index is 12.9. The predicted molar refractivity (Wildman–Crippen MR) is 113 cm³/mol. The SMILES string of the molecule is O=C(NN=Cc1ccccc1OC(F)F)c1cc(-c2cccnc2)nc2ccccc12. The standard InChI is InChI=1S/C23H16F2N4O2/c24-23(25)31-21-10-4-1-6-16(21)14-27-29-22(30)18-12-20(15-7-5-11-26-13-15)28-19-9-3-2-8-17(18)19/h1-14,23H,(H,29,30). The van der Waals surface area contributed by atoms with Crippen molar-refractivity contribution < 1.29 is 18.3 Å². The Bertz CT molecular complexity index is 1250. The van der Waals surface area contributed by atoms with Gasteiger partial charge in [-0.2, -0.15) is 13.9 Å². The molecule has 0 unspecified atom stereocenters. The Balaban J connectivity index is 1.63. The highest BCUT2D eigenvalue weighted by molar-refractivity contribution is 6.07. The molecule has 0 radical (unpaired) electrons. The van der Waals surface area contributed by atoms with Crippen molar-refractivity contribution in [3.05, 3.63) is 90.3 Å². The van der Waals surface area contributed by atoms with Crippen LogP contribution >= 0.6 is 0 Å². The lowest BCUT2D eigenvalue weighted by Crippen LogP contribution is -2.18. The van der Waals surface area contributed by atoms with Gasteiger partial charge in [0.1, 0.15) is 5.75 Å². The van der Waals surface area contributed by atoms with Crippen molar-refractivity contribution in [3.63, 3.8) is 0 Å². The quantitative estimate of drug-likeness (QED) is 0.365. The minimum Gasteiger partial charge on any atom is -0.434 e. The highest BCUT2D eigenvalue weighted by Gasteiger charge is 2.14. The highest BCUT2D eigenvalue weighted by atomic mass is 19.3. The average molecular weight is 418 g/mol. The van der Waals surface area contributed by atoms with Crippen LogP contribution in [0.1, 0.15) is 15.9 Å². The lowest BCUT2D eigenvalue weighted by molar-refractivity contribution is -0.0499. The Morgan fingerprint density at radius 3 is 2.68 bits per heavy atom. The number of amides is 1. The number of hydrazone groups is 1. The fourth-order valence-corrected chi connectivity index (χ4v) is 3.04. The molecule has 0 aliphatic carbocycles. The van der Waals surface area contributed by atoms with Crippen molar-refractivity contribution in [1.29, 1.82) is 0 Å². The van der Waals surface area contributed by atoms with Crippen molar-refractivity contribution in [2.45, 2.75) is 6.61 Å². The number of pyridine rings is 2. The summed E-state index contributed by atoms with van der Waals surface area (Å²) in [5.41, 5.74) is 5.13. The molecule has 31 heavy (non-hydrogen) atoms. The van der Waals surface area contributed by atoms with Crippen LogP contribution in [-0.2, 0) is 0 Å². The lowest BCUT2D eigenvalue weighted by atomic mass is 10.0. The minimum absolute atomic E-state index is 0.0382. The van der Waals surface area contributed by atoms with E-state index in [1.54, 1.807) is 48.8 Å². The number of alkyl halides is 2. The summed E-state index contributed by atoms with van der Waals surface area (Å²) in [5, 5.41) is 4.57. The van der Waals surface area contributed by atoms with E-state index < -0.39 is 12.5 Å². The minimum atomic E-state index is -2.96. The van der Waals surface area contributed by atoms with E-state index in [-0.39, 0.29) is 5.75 Å². The topological polar surface area (TPSA) is 76.5 Å². The summed E-state index contributed by atoms with van der Waals surface area (Å²) in [6.07, 6.45) is 4.57. The number of carbonyl (C=O) groups is 1. The molecule has 1 N–H and O–H groups in total. The molecule has 0 fully saturated rings. The Morgan fingerprint density at radius 2 is 1.87 bits per heavy atom. The molecule has 6 nitrogen and oxygen atoms in total.